The molecule has 0 radical (unpaired) electrons. The largest absolute Gasteiger partial charge is 0.429 e. The first kappa shape index (κ1) is 31.3. The predicted octanol–water partition coefficient (Wildman–Crippen LogP) is 5.01. The van der Waals surface area contributed by atoms with Gasteiger partial charge in [-0.05, 0) is 57.1 Å². The summed E-state index contributed by atoms with van der Waals surface area (Å²) in [7, 11) is 0. The van der Waals surface area contributed by atoms with Gasteiger partial charge in [-0.1, -0.05) is 55.1 Å². The highest BCUT2D eigenvalue weighted by Crippen LogP contribution is 2.27. The number of amidine groups is 1. The molecule has 6 N–H and O–H groups in total. The lowest BCUT2D eigenvalue weighted by molar-refractivity contribution is -0.131. The second-order valence-corrected chi connectivity index (χ2v) is 10.3. The van der Waals surface area contributed by atoms with Crippen LogP contribution in [-0.4, -0.2) is 42.4 Å². The van der Waals surface area contributed by atoms with Crippen molar-refractivity contribution in [3.05, 3.63) is 90.2 Å². The van der Waals surface area contributed by atoms with Crippen molar-refractivity contribution in [3.63, 3.8) is 0 Å². The number of nitrogens with zero attached hydrogens (tertiary/aromatic N) is 1. The predicted molar refractivity (Wildman–Crippen MR) is 157 cm³/mol. The standard InChI is InChI=1S/C31H43F2N5O2/c1-4-31(32,33)40-29-13-9-8-12-26(29)20-35-23(3)37-30(22(2)18-34)36-19-24-14-16-27(17-15-24)38-28(21-39)25-10-6-5-7-11-25/h4-13,18,23-24,27-28,35,38-39H,1,14-17,19-21,34H2,2-3H3,(H,36,37)/b22-18-/t23?,24?,27?,28-/m0/s1. The van der Waals surface area contributed by atoms with Crippen LogP contribution >= 0.6 is 0 Å². The van der Waals surface area contributed by atoms with E-state index in [0.717, 1.165) is 36.8 Å². The van der Waals surface area contributed by atoms with E-state index in [1.165, 1.54) is 12.3 Å². The van der Waals surface area contributed by atoms with Crippen LogP contribution in [0.15, 0.2) is 84.0 Å². The number of aliphatic hydroxyl groups is 1. The summed E-state index contributed by atoms with van der Waals surface area (Å²) in [4.78, 5) is 4.86. The fraction of sp³-hybridized carbons (Fsp3) is 0.452. The van der Waals surface area contributed by atoms with E-state index in [4.69, 9.17) is 15.5 Å². The van der Waals surface area contributed by atoms with Crippen molar-refractivity contribution in [2.75, 3.05) is 13.2 Å². The number of para-hydroxylation sites is 1. The third-order valence-electron chi connectivity index (χ3n) is 7.21. The van der Waals surface area contributed by atoms with Crippen LogP contribution in [0.3, 0.4) is 0 Å². The third-order valence-corrected chi connectivity index (χ3v) is 7.21. The van der Waals surface area contributed by atoms with Crippen LogP contribution in [0.1, 0.15) is 56.7 Å². The minimum Gasteiger partial charge on any atom is -0.429 e. The summed E-state index contributed by atoms with van der Waals surface area (Å²) >= 11 is 0. The van der Waals surface area contributed by atoms with Gasteiger partial charge in [-0.25, -0.2) is 0 Å². The molecule has 1 aliphatic carbocycles. The van der Waals surface area contributed by atoms with E-state index in [-0.39, 0.29) is 24.6 Å². The number of aliphatic imine (C=N–C) groups is 1. The molecule has 2 atom stereocenters. The molecule has 0 amide bonds. The number of ether oxygens (including phenoxy) is 1. The van der Waals surface area contributed by atoms with Crippen molar-refractivity contribution < 1.29 is 18.6 Å². The van der Waals surface area contributed by atoms with E-state index in [0.29, 0.717) is 42.5 Å². The minimum atomic E-state index is -3.44. The lowest BCUT2D eigenvalue weighted by Gasteiger charge is -2.31. The average molecular weight is 556 g/mol. The van der Waals surface area contributed by atoms with E-state index in [2.05, 4.69) is 22.5 Å². The highest BCUT2D eigenvalue weighted by Gasteiger charge is 2.27. The first-order chi connectivity index (χ1) is 19.2. The smallest absolute Gasteiger partial charge is 0.419 e. The first-order valence-electron chi connectivity index (χ1n) is 13.9. The Labute approximate surface area is 236 Å². The summed E-state index contributed by atoms with van der Waals surface area (Å²) in [5.41, 5.74) is 8.34. The summed E-state index contributed by atoms with van der Waals surface area (Å²) < 4.78 is 32.2. The van der Waals surface area contributed by atoms with Gasteiger partial charge in [0.05, 0.1) is 18.8 Å². The number of alkyl halides is 2. The van der Waals surface area contributed by atoms with E-state index >= 15 is 0 Å². The molecular weight excluding hydrogens is 512 g/mol. The molecule has 2 aromatic rings. The molecule has 1 aliphatic rings. The van der Waals surface area contributed by atoms with Gasteiger partial charge in [-0.3, -0.25) is 10.3 Å². The zero-order valence-electron chi connectivity index (χ0n) is 23.5. The summed E-state index contributed by atoms with van der Waals surface area (Å²) in [6.07, 6.45) is 2.50. The van der Waals surface area contributed by atoms with Crippen molar-refractivity contribution in [2.45, 2.75) is 70.4 Å². The normalized spacial score (nSPS) is 20.0. The second-order valence-electron chi connectivity index (χ2n) is 10.3. The van der Waals surface area contributed by atoms with Crippen molar-refractivity contribution in [2.24, 2.45) is 16.6 Å². The van der Waals surface area contributed by atoms with Crippen LogP contribution < -0.4 is 26.4 Å². The highest BCUT2D eigenvalue weighted by atomic mass is 19.3. The molecule has 0 heterocycles. The summed E-state index contributed by atoms with van der Waals surface area (Å²) in [6.45, 7) is 8.03. The Hall–Kier alpha value is -3.27. The molecule has 9 heteroatoms. The number of benzene rings is 2. The zero-order chi connectivity index (χ0) is 29.0. The zero-order valence-corrected chi connectivity index (χ0v) is 23.5. The molecule has 0 saturated heterocycles. The Morgan fingerprint density at radius 2 is 1.82 bits per heavy atom. The Balaban J connectivity index is 1.51. The van der Waals surface area contributed by atoms with E-state index < -0.39 is 6.11 Å². The van der Waals surface area contributed by atoms with Gasteiger partial charge in [0.15, 0.2) is 0 Å². The van der Waals surface area contributed by atoms with Crippen LogP contribution in [0.5, 0.6) is 5.75 Å². The lowest BCUT2D eigenvalue weighted by Crippen LogP contribution is -2.43. The van der Waals surface area contributed by atoms with Crippen molar-refractivity contribution in [1.29, 1.82) is 0 Å². The van der Waals surface area contributed by atoms with Gasteiger partial charge in [-0.2, -0.15) is 8.78 Å². The molecule has 0 aromatic heterocycles. The molecule has 1 unspecified atom stereocenters. The molecule has 2 aromatic carbocycles. The van der Waals surface area contributed by atoms with E-state index in [9.17, 15) is 13.9 Å². The molecule has 218 valence electrons. The first-order valence-corrected chi connectivity index (χ1v) is 13.9. The SMILES string of the molecule is C=CC(F)(F)Oc1ccccc1CNC(C)NC(=NCC1CCC(N[C@@H](CO)c2ccccc2)CC1)/C(C)=C\N. The van der Waals surface area contributed by atoms with Gasteiger partial charge in [-0.15, -0.1) is 0 Å². The van der Waals surface area contributed by atoms with Crippen LogP contribution in [0.2, 0.25) is 0 Å². The number of hydrogen-bond donors (Lipinski definition) is 5. The molecule has 7 nitrogen and oxygen atoms in total. The van der Waals surface area contributed by atoms with Crippen molar-refractivity contribution >= 4 is 5.84 Å². The van der Waals surface area contributed by atoms with E-state index in [1.807, 2.05) is 44.2 Å². The summed E-state index contributed by atoms with van der Waals surface area (Å²) in [6, 6.07) is 17.0. The summed E-state index contributed by atoms with van der Waals surface area (Å²) in [5.74, 6) is 1.26. The van der Waals surface area contributed by atoms with Crippen LogP contribution in [0, 0.1) is 5.92 Å². The quantitative estimate of drug-likeness (QED) is 0.0972. The highest BCUT2D eigenvalue weighted by molar-refractivity contribution is 5.97. The molecule has 1 saturated carbocycles. The molecule has 3 rings (SSSR count). The Kier molecular flexibility index (Phi) is 12.1. The number of hydrogen-bond acceptors (Lipinski definition) is 6. The lowest BCUT2D eigenvalue weighted by atomic mass is 9.85. The fourth-order valence-electron chi connectivity index (χ4n) is 4.78. The van der Waals surface area contributed by atoms with Crippen LogP contribution in [-0.2, 0) is 6.54 Å². The summed E-state index contributed by atoms with van der Waals surface area (Å²) in [5, 5.41) is 20.2. The van der Waals surface area contributed by atoms with Gasteiger partial charge in [0.1, 0.15) is 11.6 Å². The van der Waals surface area contributed by atoms with Gasteiger partial charge in [0.2, 0.25) is 0 Å². The Bertz CT molecular complexity index is 1120. The van der Waals surface area contributed by atoms with Gasteiger partial charge < -0.3 is 26.2 Å². The Morgan fingerprint density at radius 1 is 1.15 bits per heavy atom. The molecule has 40 heavy (non-hydrogen) atoms. The maximum absolute atomic E-state index is 13.7. The number of rotatable bonds is 14. The third kappa shape index (κ3) is 9.73. The fourth-order valence-corrected chi connectivity index (χ4v) is 4.78. The molecular formula is C31H43F2N5O2. The second kappa shape index (κ2) is 15.5. The number of nitrogens with one attached hydrogen (secondary N) is 3. The average Bonchev–Trinajstić information content (AvgIpc) is 2.98. The Morgan fingerprint density at radius 3 is 2.48 bits per heavy atom. The molecule has 0 aliphatic heterocycles. The molecule has 1 fully saturated rings. The van der Waals surface area contributed by atoms with Crippen LogP contribution in [0.4, 0.5) is 8.78 Å². The van der Waals surface area contributed by atoms with Crippen molar-refractivity contribution in [3.8, 4) is 5.75 Å². The van der Waals surface area contributed by atoms with Gasteiger partial charge in [0.25, 0.3) is 0 Å². The van der Waals surface area contributed by atoms with Crippen LogP contribution in [0.25, 0.3) is 0 Å². The van der Waals surface area contributed by atoms with Gasteiger partial charge >= 0.3 is 6.11 Å². The maximum Gasteiger partial charge on any atom is 0.419 e. The maximum atomic E-state index is 13.7. The number of halogens is 2. The molecule has 0 bridgehead atoms. The molecule has 0 spiro atoms. The monoisotopic (exact) mass is 555 g/mol. The number of nitrogens with two attached hydrogens (primary N) is 1. The topological polar surface area (TPSA) is 104 Å². The van der Waals surface area contributed by atoms with E-state index in [1.54, 1.807) is 18.2 Å². The minimum absolute atomic E-state index is 0.0556. The number of aliphatic hydroxyl groups excluding tert-OH is 1. The van der Waals surface area contributed by atoms with Crippen molar-refractivity contribution in [1.82, 2.24) is 16.0 Å². The van der Waals surface area contributed by atoms with Gasteiger partial charge in [0, 0.05) is 42.5 Å².